The van der Waals surface area contributed by atoms with E-state index >= 15 is 0 Å². The second-order valence-electron chi connectivity index (χ2n) is 9.33. The monoisotopic (exact) mass is 435 g/mol. The van der Waals surface area contributed by atoms with Crippen LogP contribution in [-0.4, -0.2) is 85.0 Å². The summed E-state index contributed by atoms with van der Waals surface area (Å²) in [5.74, 6) is 0.631. The zero-order chi connectivity index (χ0) is 21.9. The van der Waals surface area contributed by atoms with Gasteiger partial charge in [0.15, 0.2) is 0 Å². The van der Waals surface area contributed by atoms with Crippen LogP contribution in [0.5, 0.6) is 0 Å². The number of amides is 2. The molecule has 0 bridgehead atoms. The number of likely N-dealkylation sites (tertiary alicyclic amines) is 2. The number of hydrogen-bond donors (Lipinski definition) is 0. The summed E-state index contributed by atoms with van der Waals surface area (Å²) < 4.78 is 5.38. The standard InChI is InChI=1S/C26H33N3O3/c30-25(29-15-17-32-18-16-29)21-7-11-27(12-8-21)24-9-13-28(14-10-24)26(31)23-6-5-20-3-1-2-4-22(20)19-23/h1-6,19,21,24H,7-18H2. The van der Waals surface area contributed by atoms with Crippen molar-refractivity contribution in [3.63, 3.8) is 0 Å². The summed E-state index contributed by atoms with van der Waals surface area (Å²) in [7, 11) is 0. The molecule has 6 heteroatoms. The minimum Gasteiger partial charge on any atom is -0.378 e. The number of morpholine rings is 1. The highest BCUT2D eigenvalue weighted by Gasteiger charge is 2.33. The summed E-state index contributed by atoms with van der Waals surface area (Å²) in [6.45, 7) is 6.41. The number of hydrogen-bond acceptors (Lipinski definition) is 4. The molecule has 2 aromatic carbocycles. The average molecular weight is 436 g/mol. The van der Waals surface area contributed by atoms with Crippen LogP contribution in [0.2, 0.25) is 0 Å². The van der Waals surface area contributed by atoms with Gasteiger partial charge < -0.3 is 19.4 Å². The highest BCUT2D eigenvalue weighted by molar-refractivity contribution is 5.98. The lowest BCUT2D eigenvalue weighted by atomic mass is 9.92. The van der Waals surface area contributed by atoms with E-state index in [0.29, 0.717) is 25.2 Å². The van der Waals surface area contributed by atoms with E-state index < -0.39 is 0 Å². The van der Waals surface area contributed by atoms with Crippen LogP contribution < -0.4 is 0 Å². The van der Waals surface area contributed by atoms with Gasteiger partial charge in [-0.2, -0.15) is 0 Å². The first-order valence-electron chi connectivity index (χ1n) is 12.1. The minimum atomic E-state index is 0.143. The molecular formula is C26H33N3O3. The molecule has 0 spiro atoms. The lowest BCUT2D eigenvalue weighted by molar-refractivity contribution is -0.141. The molecule has 2 aromatic rings. The minimum absolute atomic E-state index is 0.143. The lowest BCUT2D eigenvalue weighted by Crippen LogP contribution is -2.51. The summed E-state index contributed by atoms with van der Waals surface area (Å²) in [5.41, 5.74) is 0.782. The van der Waals surface area contributed by atoms with Crippen molar-refractivity contribution in [3.05, 3.63) is 48.0 Å². The van der Waals surface area contributed by atoms with Gasteiger partial charge in [-0.25, -0.2) is 0 Å². The van der Waals surface area contributed by atoms with Crippen LogP contribution >= 0.6 is 0 Å². The largest absolute Gasteiger partial charge is 0.378 e. The molecule has 5 rings (SSSR count). The van der Waals surface area contributed by atoms with Crippen molar-refractivity contribution in [2.24, 2.45) is 5.92 Å². The van der Waals surface area contributed by atoms with Crippen LogP contribution in [-0.2, 0) is 9.53 Å². The maximum Gasteiger partial charge on any atom is 0.253 e. The fourth-order valence-electron chi connectivity index (χ4n) is 5.49. The Bertz CT molecular complexity index is 956. The third kappa shape index (κ3) is 4.52. The molecular weight excluding hydrogens is 402 g/mol. The van der Waals surface area contributed by atoms with Gasteiger partial charge in [-0.3, -0.25) is 9.59 Å². The van der Waals surface area contributed by atoms with Crippen LogP contribution in [0.25, 0.3) is 10.8 Å². The van der Waals surface area contributed by atoms with Gasteiger partial charge in [0.2, 0.25) is 5.91 Å². The first kappa shape index (κ1) is 21.4. The van der Waals surface area contributed by atoms with E-state index in [1.54, 1.807) is 0 Å². The molecule has 0 aliphatic carbocycles. The van der Waals surface area contributed by atoms with Gasteiger partial charge in [0.05, 0.1) is 13.2 Å². The number of piperidine rings is 2. The van der Waals surface area contributed by atoms with Crippen molar-refractivity contribution in [3.8, 4) is 0 Å². The number of rotatable bonds is 3. The average Bonchev–Trinajstić information content (AvgIpc) is 2.88. The summed E-state index contributed by atoms with van der Waals surface area (Å²) in [6.07, 6.45) is 3.93. The molecule has 3 fully saturated rings. The molecule has 0 radical (unpaired) electrons. The van der Waals surface area contributed by atoms with Crippen LogP contribution in [0.3, 0.4) is 0 Å². The Morgan fingerprint density at radius 1 is 0.750 bits per heavy atom. The molecule has 0 unspecified atom stereocenters. The fraction of sp³-hybridized carbons (Fsp3) is 0.538. The van der Waals surface area contributed by atoms with Gasteiger partial charge in [-0.1, -0.05) is 30.3 Å². The Morgan fingerprint density at radius 3 is 2.16 bits per heavy atom. The number of nitrogens with zero attached hydrogens (tertiary/aromatic N) is 3. The molecule has 3 heterocycles. The topological polar surface area (TPSA) is 53.1 Å². The first-order valence-corrected chi connectivity index (χ1v) is 12.1. The molecule has 0 N–H and O–H groups in total. The number of carbonyl (C=O) groups is 2. The van der Waals surface area contributed by atoms with Crippen molar-refractivity contribution in [1.82, 2.24) is 14.7 Å². The zero-order valence-corrected chi connectivity index (χ0v) is 18.7. The number of fused-ring (bicyclic) bond motifs is 1. The van der Waals surface area contributed by atoms with Gasteiger partial charge in [-0.15, -0.1) is 0 Å². The Balaban J connectivity index is 1.11. The lowest BCUT2D eigenvalue weighted by Gasteiger charge is -2.42. The quantitative estimate of drug-likeness (QED) is 0.744. The highest BCUT2D eigenvalue weighted by atomic mass is 16.5. The van der Waals surface area contributed by atoms with Crippen molar-refractivity contribution < 1.29 is 14.3 Å². The van der Waals surface area contributed by atoms with E-state index in [9.17, 15) is 9.59 Å². The molecule has 0 atom stereocenters. The predicted octanol–water partition coefficient (Wildman–Crippen LogP) is 3.02. The second-order valence-corrected chi connectivity index (χ2v) is 9.33. The molecule has 0 aromatic heterocycles. The summed E-state index contributed by atoms with van der Waals surface area (Å²) in [4.78, 5) is 32.4. The van der Waals surface area contributed by atoms with Gasteiger partial charge >= 0.3 is 0 Å². The Morgan fingerprint density at radius 2 is 1.44 bits per heavy atom. The summed E-state index contributed by atoms with van der Waals surface area (Å²) in [6, 6.07) is 14.7. The molecule has 170 valence electrons. The zero-order valence-electron chi connectivity index (χ0n) is 18.7. The SMILES string of the molecule is O=C(c1ccc2ccccc2c1)N1CCC(N2CCC(C(=O)N3CCOCC3)CC2)CC1. The number of carbonyl (C=O) groups excluding carboxylic acids is 2. The molecule has 32 heavy (non-hydrogen) atoms. The smallest absolute Gasteiger partial charge is 0.253 e. The third-order valence-electron chi connectivity index (χ3n) is 7.47. The third-order valence-corrected chi connectivity index (χ3v) is 7.47. The van der Waals surface area contributed by atoms with E-state index in [4.69, 9.17) is 4.74 Å². The van der Waals surface area contributed by atoms with E-state index in [0.717, 1.165) is 75.9 Å². The molecule has 3 aliphatic rings. The van der Waals surface area contributed by atoms with Crippen molar-refractivity contribution in [2.45, 2.75) is 31.7 Å². The van der Waals surface area contributed by atoms with Crippen LogP contribution in [0, 0.1) is 5.92 Å². The van der Waals surface area contributed by atoms with E-state index in [2.05, 4.69) is 17.0 Å². The molecule has 6 nitrogen and oxygen atoms in total. The van der Waals surface area contributed by atoms with Gasteiger partial charge in [-0.05, 0) is 61.7 Å². The highest BCUT2D eigenvalue weighted by Crippen LogP contribution is 2.26. The van der Waals surface area contributed by atoms with Gasteiger partial charge in [0, 0.05) is 43.7 Å². The molecule has 3 aliphatic heterocycles. The Kier molecular flexibility index (Phi) is 6.42. The number of ether oxygens (including phenoxy) is 1. The maximum atomic E-state index is 13.1. The second kappa shape index (κ2) is 9.59. The fourth-order valence-corrected chi connectivity index (χ4v) is 5.49. The summed E-state index contributed by atoms with van der Waals surface area (Å²) in [5, 5.41) is 2.28. The van der Waals surface area contributed by atoms with Crippen molar-refractivity contribution >= 4 is 22.6 Å². The van der Waals surface area contributed by atoms with Crippen LogP contribution in [0.4, 0.5) is 0 Å². The van der Waals surface area contributed by atoms with Gasteiger partial charge in [0.1, 0.15) is 0 Å². The van der Waals surface area contributed by atoms with Gasteiger partial charge in [0.25, 0.3) is 5.91 Å². The first-order chi connectivity index (χ1) is 15.7. The van der Waals surface area contributed by atoms with E-state index in [1.807, 2.05) is 40.1 Å². The predicted molar refractivity (Wildman–Crippen MR) is 125 cm³/mol. The van der Waals surface area contributed by atoms with Crippen molar-refractivity contribution in [2.75, 3.05) is 52.5 Å². The van der Waals surface area contributed by atoms with Crippen LogP contribution in [0.1, 0.15) is 36.0 Å². The van der Waals surface area contributed by atoms with E-state index in [1.165, 1.54) is 5.39 Å². The normalized spacial score (nSPS) is 21.8. The van der Waals surface area contributed by atoms with E-state index in [-0.39, 0.29) is 11.8 Å². The summed E-state index contributed by atoms with van der Waals surface area (Å²) >= 11 is 0. The maximum absolute atomic E-state index is 13.1. The Hall–Kier alpha value is -2.44. The number of benzene rings is 2. The van der Waals surface area contributed by atoms with Crippen LogP contribution in [0.15, 0.2) is 42.5 Å². The molecule has 3 saturated heterocycles. The Labute approximate surface area is 190 Å². The molecule has 0 saturated carbocycles. The molecule has 2 amide bonds. The van der Waals surface area contributed by atoms with Crippen molar-refractivity contribution in [1.29, 1.82) is 0 Å².